The minimum atomic E-state index is -1.43. The van der Waals surface area contributed by atoms with Crippen LogP contribution in [0.15, 0.2) is 24.3 Å². The van der Waals surface area contributed by atoms with Crippen molar-refractivity contribution >= 4 is 17.2 Å². The van der Waals surface area contributed by atoms with Gasteiger partial charge in [0.05, 0.1) is 26.4 Å². The summed E-state index contributed by atoms with van der Waals surface area (Å²) in [6.07, 6.45) is 2.11. The molecular formula is C36H56O6P2. The van der Waals surface area contributed by atoms with Gasteiger partial charge in [-0.15, -0.1) is 0 Å². The van der Waals surface area contributed by atoms with E-state index < -0.39 is 17.2 Å². The minimum absolute atomic E-state index is 0.000939. The average Bonchev–Trinajstić information content (AvgIpc) is 2.89. The summed E-state index contributed by atoms with van der Waals surface area (Å²) in [4.78, 5) is 0. The second-order valence-electron chi connectivity index (χ2n) is 16.3. The third-order valence-corrected chi connectivity index (χ3v) is 10.3. The second-order valence-corrected chi connectivity index (χ2v) is 18.6. The van der Waals surface area contributed by atoms with Crippen LogP contribution in [0.1, 0.15) is 128 Å². The van der Waals surface area contributed by atoms with Crippen molar-refractivity contribution in [1.82, 2.24) is 0 Å². The van der Waals surface area contributed by atoms with Gasteiger partial charge in [-0.05, 0) is 65.5 Å². The summed E-state index contributed by atoms with van der Waals surface area (Å²) in [5, 5.41) is 0. The average molecular weight is 647 g/mol. The molecule has 0 atom stereocenters. The SMILES string of the molecule is CCCC(c1cc(C(C)(C)C)c(OP2OCC(C)(C)CO2)cc1C)c1cc(C(C)(C)C)c(OP2OCC(C)(C)CO2)cc1C. The van der Waals surface area contributed by atoms with Crippen LogP contribution in [0.25, 0.3) is 0 Å². The van der Waals surface area contributed by atoms with Gasteiger partial charge < -0.3 is 27.1 Å². The topological polar surface area (TPSA) is 55.4 Å². The molecule has 0 bridgehead atoms. The first-order chi connectivity index (χ1) is 20.3. The number of rotatable bonds is 8. The van der Waals surface area contributed by atoms with E-state index in [0.717, 1.165) is 24.3 Å². The monoisotopic (exact) mass is 646 g/mol. The van der Waals surface area contributed by atoms with E-state index in [-0.39, 0.29) is 27.6 Å². The van der Waals surface area contributed by atoms with Crippen molar-refractivity contribution in [1.29, 1.82) is 0 Å². The maximum atomic E-state index is 6.46. The normalized spacial score (nSPS) is 19.8. The quantitative estimate of drug-likeness (QED) is 0.266. The molecule has 0 aliphatic carbocycles. The Morgan fingerprint density at radius 1 is 0.659 bits per heavy atom. The Balaban J connectivity index is 1.73. The second kappa shape index (κ2) is 13.5. The highest BCUT2D eigenvalue weighted by Crippen LogP contribution is 2.52. The third-order valence-electron chi connectivity index (χ3n) is 8.27. The van der Waals surface area contributed by atoms with Crippen LogP contribution in [0.2, 0.25) is 0 Å². The predicted octanol–water partition coefficient (Wildman–Crippen LogP) is 11.2. The van der Waals surface area contributed by atoms with E-state index in [9.17, 15) is 0 Å². The van der Waals surface area contributed by atoms with E-state index in [2.05, 4.69) is 114 Å². The number of hydrogen-bond acceptors (Lipinski definition) is 6. The first-order valence-electron chi connectivity index (χ1n) is 16.1. The largest absolute Gasteiger partial charge is 0.426 e. The number of aryl methyl sites for hydroxylation is 2. The van der Waals surface area contributed by atoms with Crippen LogP contribution in [0.3, 0.4) is 0 Å². The molecule has 2 aliphatic heterocycles. The first kappa shape index (κ1) is 35.6. The molecule has 44 heavy (non-hydrogen) atoms. The van der Waals surface area contributed by atoms with Gasteiger partial charge in [0.1, 0.15) is 11.5 Å². The van der Waals surface area contributed by atoms with E-state index >= 15 is 0 Å². The van der Waals surface area contributed by atoms with Crippen molar-refractivity contribution in [3.8, 4) is 11.5 Å². The van der Waals surface area contributed by atoms with Gasteiger partial charge in [0.15, 0.2) is 0 Å². The molecular weight excluding hydrogens is 590 g/mol. The van der Waals surface area contributed by atoms with E-state index in [1.165, 1.54) is 33.4 Å². The fourth-order valence-electron chi connectivity index (χ4n) is 5.57. The Kier molecular flexibility index (Phi) is 10.9. The molecule has 2 heterocycles. The van der Waals surface area contributed by atoms with Gasteiger partial charge in [-0.1, -0.05) is 94.7 Å². The Labute approximate surface area is 269 Å². The fourth-order valence-corrected chi connectivity index (χ4v) is 8.37. The lowest BCUT2D eigenvalue weighted by molar-refractivity contribution is 0.0423. The van der Waals surface area contributed by atoms with Crippen molar-refractivity contribution < 1.29 is 27.1 Å². The van der Waals surface area contributed by atoms with Gasteiger partial charge in [0.25, 0.3) is 0 Å². The van der Waals surface area contributed by atoms with Crippen LogP contribution in [0.4, 0.5) is 0 Å². The Morgan fingerprint density at radius 3 is 1.30 bits per heavy atom. The molecule has 6 nitrogen and oxygen atoms in total. The van der Waals surface area contributed by atoms with Crippen molar-refractivity contribution in [3.05, 3.63) is 57.6 Å². The highest BCUT2D eigenvalue weighted by Gasteiger charge is 2.35. The van der Waals surface area contributed by atoms with Crippen LogP contribution in [-0.4, -0.2) is 26.4 Å². The molecule has 2 fully saturated rings. The number of benzene rings is 2. The zero-order chi connectivity index (χ0) is 32.7. The lowest BCUT2D eigenvalue weighted by Gasteiger charge is -2.34. The first-order valence-corrected chi connectivity index (χ1v) is 18.3. The molecule has 246 valence electrons. The summed E-state index contributed by atoms with van der Waals surface area (Å²) in [5.41, 5.74) is 7.20. The Bertz CT molecular complexity index is 1190. The van der Waals surface area contributed by atoms with Crippen LogP contribution in [-0.2, 0) is 28.9 Å². The van der Waals surface area contributed by atoms with Crippen LogP contribution >= 0.6 is 17.2 Å². The number of hydrogen-bond donors (Lipinski definition) is 0. The molecule has 0 aromatic heterocycles. The molecule has 4 rings (SSSR count). The molecule has 0 radical (unpaired) electrons. The lowest BCUT2D eigenvalue weighted by Crippen LogP contribution is -2.29. The highest BCUT2D eigenvalue weighted by molar-refractivity contribution is 7.42. The van der Waals surface area contributed by atoms with Gasteiger partial charge >= 0.3 is 17.2 Å². The van der Waals surface area contributed by atoms with Crippen LogP contribution in [0, 0.1) is 24.7 Å². The van der Waals surface area contributed by atoms with Gasteiger partial charge in [-0.3, -0.25) is 0 Å². The molecule has 2 saturated heterocycles. The summed E-state index contributed by atoms with van der Waals surface area (Å²) >= 11 is 0. The van der Waals surface area contributed by atoms with E-state index in [4.69, 9.17) is 27.1 Å². The maximum Gasteiger partial charge on any atom is 0.397 e. The Morgan fingerprint density at radius 2 is 1.00 bits per heavy atom. The molecule has 0 amide bonds. The summed E-state index contributed by atoms with van der Waals surface area (Å²) in [6.45, 7) is 31.3. The van der Waals surface area contributed by atoms with Crippen LogP contribution in [0.5, 0.6) is 11.5 Å². The molecule has 8 heteroatoms. The zero-order valence-corrected chi connectivity index (χ0v) is 31.3. The summed E-state index contributed by atoms with van der Waals surface area (Å²) < 4.78 is 37.0. The molecule has 0 unspecified atom stereocenters. The van der Waals surface area contributed by atoms with Crippen molar-refractivity contribution in [2.75, 3.05) is 26.4 Å². The molecule has 0 N–H and O–H groups in total. The maximum absolute atomic E-state index is 6.46. The summed E-state index contributed by atoms with van der Waals surface area (Å²) in [7, 11) is -2.86. The van der Waals surface area contributed by atoms with Crippen molar-refractivity contribution in [3.63, 3.8) is 0 Å². The fraction of sp³-hybridized carbons (Fsp3) is 0.667. The lowest BCUT2D eigenvalue weighted by atomic mass is 9.76. The van der Waals surface area contributed by atoms with Crippen molar-refractivity contribution in [2.24, 2.45) is 10.8 Å². The molecule has 0 spiro atoms. The van der Waals surface area contributed by atoms with E-state index in [1.807, 2.05) is 0 Å². The zero-order valence-electron chi connectivity index (χ0n) is 29.5. The smallest absolute Gasteiger partial charge is 0.397 e. The van der Waals surface area contributed by atoms with E-state index in [0.29, 0.717) is 26.4 Å². The molecule has 2 aliphatic rings. The van der Waals surface area contributed by atoms with Gasteiger partial charge in [-0.2, -0.15) is 0 Å². The summed E-state index contributed by atoms with van der Waals surface area (Å²) in [6, 6.07) is 9.16. The molecule has 2 aromatic carbocycles. The summed E-state index contributed by atoms with van der Waals surface area (Å²) in [5.74, 6) is 1.94. The van der Waals surface area contributed by atoms with Crippen molar-refractivity contribution in [2.45, 2.75) is 120 Å². The Hall–Kier alpha value is -1.26. The van der Waals surface area contributed by atoms with Crippen LogP contribution < -0.4 is 9.05 Å². The standard InChI is InChI=1S/C36H56O6P2/c1-14-15-26(27-18-29(33(4,5)6)31(16-24(27)2)41-43-37-20-35(10,11)21-38-43)28-19-30(34(7,8)9)32(17-25(28)3)42-44-39-22-36(12,13)23-40-44/h16-19,26H,14-15,20-23H2,1-13H3. The van der Waals surface area contributed by atoms with Gasteiger partial charge in [-0.25, -0.2) is 0 Å². The van der Waals surface area contributed by atoms with Gasteiger partial charge in [0, 0.05) is 27.9 Å². The highest BCUT2D eigenvalue weighted by atomic mass is 31.2. The molecule has 0 saturated carbocycles. The predicted molar refractivity (Wildman–Crippen MR) is 183 cm³/mol. The van der Waals surface area contributed by atoms with E-state index in [1.54, 1.807) is 0 Å². The third kappa shape index (κ3) is 8.75. The minimum Gasteiger partial charge on any atom is -0.426 e. The van der Waals surface area contributed by atoms with Gasteiger partial charge in [0.2, 0.25) is 0 Å². The molecule has 2 aromatic rings.